The van der Waals surface area contributed by atoms with Crippen LogP contribution in [0.4, 0.5) is 0 Å². The molecule has 2 rings (SSSR count). The van der Waals surface area contributed by atoms with E-state index in [1.54, 1.807) is 10.9 Å². The molecule has 1 heterocycles. The number of H-pyrrole nitrogens is 1. The third-order valence-electron chi connectivity index (χ3n) is 2.96. The van der Waals surface area contributed by atoms with Gasteiger partial charge in [-0.25, -0.2) is 0 Å². The summed E-state index contributed by atoms with van der Waals surface area (Å²) < 4.78 is 7.87. The molecule has 0 amide bonds. The standard InChI is InChI=1S/C16H22N4OS/c1-11(2)10-21-14-7-5-6-13(8-14)9-17-20-15(12(3)4)18-19-16(20)22/h5-9,11-12H,10H2,1-4H3,(H,19,22)/b17-9-. The first-order chi connectivity index (χ1) is 10.5. The number of nitrogens with one attached hydrogen (secondary N) is 1. The average molecular weight is 318 g/mol. The molecule has 0 aliphatic heterocycles. The van der Waals surface area contributed by atoms with Crippen LogP contribution in [-0.2, 0) is 0 Å². The molecule has 1 aromatic carbocycles. The number of nitrogens with zero attached hydrogens (tertiary/aromatic N) is 3. The largest absolute Gasteiger partial charge is 0.493 e. The van der Waals surface area contributed by atoms with Gasteiger partial charge in [0.2, 0.25) is 4.77 Å². The Morgan fingerprint density at radius 3 is 2.82 bits per heavy atom. The van der Waals surface area contributed by atoms with Crippen molar-refractivity contribution in [2.75, 3.05) is 6.61 Å². The van der Waals surface area contributed by atoms with E-state index >= 15 is 0 Å². The van der Waals surface area contributed by atoms with Crippen LogP contribution < -0.4 is 4.74 Å². The highest BCUT2D eigenvalue weighted by Gasteiger charge is 2.08. The highest BCUT2D eigenvalue weighted by molar-refractivity contribution is 7.71. The normalized spacial score (nSPS) is 11.7. The number of ether oxygens (including phenoxy) is 1. The zero-order chi connectivity index (χ0) is 16.1. The Hall–Kier alpha value is -1.95. The molecular formula is C16H22N4OS. The van der Waals surface area contributed by atoms with Crippen LogP contribution in [0.1, 0.15) is 45.0 Å². The average Bonchev–Trinajstić information content (AvgIpc) is 2.84. The first-order valence-electron chi connectivity index (χ1n) is 7.42. The van der Waals surface area contributed by atoms with Crippen molar-refractivity contribution >= 4 is 18.4 Å². The molecule has 0 aliphatic carbocycles. The van der Waals surface area contributed by atoms with Crippen molar-refractivity contribution in [3.63, 3.8) is 0 Å². The molecule has 5 nitrogen and oxygen atoms in total. The number of aromatic nitrogens is 3. The molecule has 0 aliphatic rings. The van der Waals surface area contributed by atoms with Crippen LogP contribution in [0.15, 0.2) is 29.4 Å². The minimum atomic E-state index is 0.241. The second kappa shape index (κ2) is 7.35. The van der Waals surface area contributed by atoms with E-state index in [4.69, 9.17) is 17.0 Å². The maximum Gasteiger partial charge on any atom is 0.216 e. The van der Waals surface area contributed by atoms with E-state index in [0.717, 1.165) is 17.1 Å². The van der Waals surface area contributed by atoms with Crippen LogP contribution in [0.2, 0.25) is 0 Å². The summed E-state index contributed by atoms with van der Waals surface area (Å²) in [5.41, 5.74) is 0.957. The summed E-state index contributed by atoms with van der Waals surface area (Å²) in [7, 11) is 0. The molecule has 0 spiro atoms. The smallest absolute Gasteiger partial charge is 0.216 e. The van der Waals surface area contributed by atoms with E-state index in [-0.39, 0.29) is 5.92 Å². The monoisotopic (exact) mass is 318 g/mol. The molecule has 6 heteroatoms. The van der Waals surface area contributed by atoms with Gasteiger partial charge >= 0.3 is 0 Å². The van der Waals surface area contributed by atoms with Gasteiger partial charge in [-0.1, -0.05) is 39.8 Å². The van der Waals surface area contributed by atoms with Crippen molar-refractivity contribution in [3.8, 4) is 5.75 Å². The summed E-state index contributed by atoms with van der Waals surface area (Å²) in [4.78, 5) is 0. The molecule has 0 bridgehead atoms. The maximum absolute atomic E-state index is 5.72. The maximum atomic E-state index is 5.72. The Morgan fingerprint density at radius 2 is 2.14 bits per heavy atom. The van der Waals surface area contributed by atoms with Crippen LogP contribution in [0.3, 0.4) is 0 Å². The third-order valence-corrected chi connectivity index (χ3v) is 3.22. The molecule has 0 saturated heterocycles. The Balaban J connectivity index is 2.18. The molecule has 118 valence electrons. The fourth-order valence-corrected chi connectivity index (χ4v) is 2.05. The minimum absolute atomic E-state index is 0.241. The fraction of sp³-hybridized carbons (Fsp3) is 0.438. The number of rotatable bonds is 6. The molecule has 22 heavy (non-hydrogen) atoms. The van der Waals surface area contributed by atoms with Gasteiger partial charge in [-0.3, -0.25) is 5.10 Å². The van der Waals surface area contributed by atoms with Crippen molar-refractivity contribution in [3.05, 3.63) is 40.4 Å². The summed E-state index contributed by atoms with van der Waals surface area (Å²) >= 11 is 5.21. The first kappa shape index (κ1) is 16.4. The SMILES string of the molecule is CC(C)COc1cccc(/C=N\n2c(C(C)C)n[nH]c2=S)c1. The van der Waals surface area contributed by atoms with Gasteiger partial charge in [-0.05, 0) is 35.8 Å². The number of hydrogen-bond donors (Lipinski definition) is 1. The lowest BCUT2D eigenvalue weighted by Gasteiger charge is -2.08. The zero-order valence-corrected chi connectivity index (χ0v) is 14.2. The van der Waals surface area contributed by atoms with Crippen molar-refractivity contribution in [2.24, 2.45) is 11.0 Å². The van der Waals surface area contributed by atoms with Crippen molar-refractivity contribution in [1.29, 1.82) is 0 Å². The van der Waals surface area contributed by atoms with Crippen molar-refractivity contribution in [1.82, 2.24) is 14.9 Å². The molecular weight excluding hydrogens is 296 g/mol. The van der Waals surface area contributed by atoms with Gasteiger partial charge in [0.05, 0.1) is 12.8 Å². The van der Waals surface area contributed by atoms with E-state index in [2.05, 4.69) is 43.0 Å². The van der Waals surface area contributed by atoms with Crippen LogP contribution in [-0.4, -0.2) is 27.7 Å². The van der Waals surface area contributed by atoms with Crippen molar-refractivity contribution < 1.29 is 4.74 Å². The number of hydrogen-bond acceptors (Lipinski definition) is 4. The van der Waals surface area contributed by atoms with Crippen LogP contribution in [0, 0.1) is 10.7 Å². The van der Waals surface area contributed by atoms with Gasteiger partial charge < -0.3 is 4.74 Å². The Morgan fingerprint density at radius 1 is 1.36 bits per heavy atom. The summed E-state index contributed by atoms with van der Waals surface area (Å²) in [6, 6.07) is 7.84. The molecule has 1 aromatic heterocycles. The minimum Gasteiger partial charge on any atom is -0.493 e. The van der Waals surface area contributed by atoms with Gasteiger partial charge in [0.15, 0.2) is 5.82 Å². The first-order valence-corrected chi connectivity index (χ1v) is 7.82. The highest BCUT2D eigenvalue weighted by atomic mass is 32.1. The third kappa shape index (κ3) is 4.27. The lowest BCUT2D eigenvalue weighted by molar-refractivity contribution is 0.271. The molecule has 0 radical (unpaired) electrons. The van der Waals surface area contributed by atoms with Gasteiger partial charge in [-0.2, -0.15) is 14.9 Å². The predicted molar refractivity (Wildman–Crippen MR) is 91.3 cm³/mol. The fourth-order valence-electron chi connectivity index (χ4n) is 1.86. The van der Waals surface area contributed by atoms with E-state index in [1.807, 2.05) is 24.3 Å². The van der Waals surface area contributed by atoms with Gasteiger partial charge in [0, 0.05) is 5.92 Å². The lowest BCUT2D eigenvalue weighted by atomic mass is 10.2. The second-order valence-electron chi connectivity index (χ2n) is 5.88. The highest BCUT2D eigenvalue weighted by Crippen LogP contribution is 2.14. The quantitative estimate of drug-likeness (QED) is 0.647. The van der Waals surface area contributed by atoms with Crippen LogP contribution in [0.5, 0.6) is 5.75 Å². The molecule has 0 unspecified atom stereocenters. The van der Waals surface area contributed by atoms with Crippen LogP contribution >= 0.6 is 12.2 Å². The predicted octanol–water partition coefficient (Wildman–Crippen LogP) is 3.98. The zero-order valence-electron chi connectivity index (χ0n) is 13.4. The van der Waals surface area contributed by atoms with E-state index in [9.17, 15) is 0 Å². The van der Waals surface area contributed by atoms with Gasteiger partial charge in [0.1, 0.15) is 5.75 Å². The summed E-state index contributed by atoms with van der Waals surface area (Å²) in [5, 5.41) is 11.4. The van der Waals surface area contributed by atoms with Gasteiger partial charge in [0.25, 0.3) is 0 Å². The van der Waals surface area contributed by atoms with E-state index in [0.29, 0.717) is 17.3 Å². The number of benzene rings is 1. The number of aromatic amines is 1. The van der Waals surface area contributed by atoms with Gasteiger partial charge in [-0.15, -0.1) is 0 Å². The summed E-state index contributed by atoms with van der Waals surface area (Å²) in [5.74, 6) is 2.40. The Bertz CT molecular complexity index is 700. The van der Waals surface area contributed by atoms with E-state index < -0.39 is 0 Å². The second-order valence-corrected chi connectivity index (χ2v) is 6.26. The molecule has 0 saturated carbocycles. The lowest BCUT2D eigenvalue weighted by Crippen LogP contribution is -2.04. The topological polar surface area (TPSA) is 55.2 Å². The molecule has 1 N–H and O–H groups in total. The Labute approximate surface area is 136 Å². The molecule has 0 fully saturated rings. The van der Waals surface area contributed by atoms with Crippen molar-refractivity contribution in [2.45, 2.75) is 33.6 Å². The summed E-state index contributed by atoms with van der Waals surface area (Å²) in [6.45, 7) is 9.05. The molecule has 2 aromatic rings. The molecule has 0 atom stereocenters. The Kier molecular flexibility index (Phi) is 5.49. The van der Waals surface area contributed by atoms with Crippen LogP contribution in [0.25, 0.3) is 0 Å². The van der Waals surface area contributed by atoms with E-state index in [1.165, 1.54) is 0 Å². The summed E-state index contributed by atoms with van der Waals surface area (Å²) in [6.07, 6.45) is 1.76.